The van der Waals surface area contributed by atoms with Crippen molar-refractivity contribution in [3.8, 4) is 0 Å². The Hall–Kier alpha value is -3.28. The van der Waals surface area contributed by atoms with Crippen molar-refractivity contribution in [1.29, 1.82) is 0 Å². The van der Waals surface area contributed by atoms with Crippen LogP contribution in [0.15, 0.2) is 53.3 Å². The molecule has 0 radical (unpaired) electrons. The standard InChI is InChI=1S/C19H15FN2O3/c20-14-8-5-13(6-9-14)7-10-17-21-16-4-2-1-3-15(16)19(25)22(17)12-11-18(23)24/h1-10H,11-12H2,(H,23,24)/b10-7+. The summed E-state index contributed by atoms with van der Waals surface area (Å²) in [6.07, 6.45) is 3.15. The summed E-state index contributed by atoms with van der Waals surface area (Å²) in [5, 5.41) is 9.35. The predicted molar refractivity (Wildman–Crippen MR) is 93.6 cm³/mol. The first-order valence-corrected chi connectivity index (χ1v) is 7.69. The van der Waals surface area contributed by atoms with Crippen LogP contribution in [0.5, 0.6) is 0 Å². The molecule has 0 saturated heterocycles. The fourth-order valence-corrected chi connectivity index (χ4v) is 2.48. The van der Waals surface area contributed by atoms with Gasteiger partial charge in [0.15, 0.2) is 0 Å². The molecule has 6 heteroatoms. The fraction of sp³-hybridized carbons (Fsp3) is 0.105. The van der Waals surface area contributed by atoms with Crippen LogP contribution in [0.1, 0.15) is 17.8 Å². The molecule has 3 aromatic rings. The van der Waals surface area contributed by atoms with Gasteiger partial charge in [0.25, 0.3) is 5.56 Å². The molecule has 0 bridgehead atoms. The van der Waals surface area contributed by atoms with E-state index in [1.54, 1.807) is 48.6 Å². The van der Waals surface area contributed by atoms with E-state index in [1.165, 1.54) is 16.7 Å². The summed E-state index contributed by atoms with van der Waals surface area (Å²) in [6.45, 7) is 0.0229. The number of nitrogens with zero attached hydrogens (tertiary/aromatic N) is 2. The van der Waals surface area contributed by atoms with Gasteiger partial charge in [-0.2, -0.15) is 0 Å². The second-order valence-electron chi connectivity index (χ2n) is 5.47. The monoisotopic (exact) mass is 338 g/mol. The van der Waals surface area contributed by atoms with Crippen molar-refractivity contribution in [1.82, 2.24) is 9.55 Å². The van der Waals surface area contributed by atoms with E-state index in [-0.39, 0.29) is 24.3 Å². The van der Waals surface area contributed by atoms with Gasteiger partial charge in [0.05, 0.1) is 17.3 Å². The quantitative estimate of drug-likeness (QED) is 0.775. The molecule has 0 saturated carbocycles. The lowest BCUT2D eigenvalue weighted by Crippen LogP contribution is -2.25. The molecule has 2 aromatic carbocycles. The Labute approximate surface area is 142 Å². The third-order valence-corrected chi connectivity index (χ3v) is 3.74. The Kier molecular flexibility index (Phi) is 4.70. The van der Waals surface area contributed by atoms with Crippen molar-refractivity contribution in [2.24, 2.45) is 0 Å². The lowest BCUT2D eigenvalue weighted by molar-refractivity contribution is -0.137. The maximum Gasteiger partial charge on any atom is 0.305 e. The lowest BCUT2D eigenvalue weighted by Gasteiger charge is -2.10. The van der Waals surface area contributed by atoms with Crippen LogP contribution in [0, 0.1) is 5.82 Å². The van der Waals surface area contributed by atoms with Crippen molar-refractivity contribution in [2.75, 3.05) is 0 Å². The lowest BCUT2D eigenvalue weighted by atomic mass is 10.2. The topological polar surface area (TPSA) is 72.2 Å². The highest BCUT2D eigenvalue weighted by molar-refractivity contribution is 5.79. The van der Waals surface area contributed by atoms with Crippen LogP contribution in [0.4, 0.5) is 4.39 Å². The molecular weight excluding hydrogens is 323 g/mol. The number of aliphatic carboxylic acids is 1. The zero-order valence-corrected chi connectivity index (χ0v) is 13.2. The molecule has 0 fully saturated rings. The highest BCUT2D eigenvalue weighted by atomic mass is 19.1. The summed E-state index contributed by atoms with van der Waals surface area (Å²) >= 11 is 0. The third kappa shape index (κ3) is 3.80. The number of benzene rings is 2. The predicted octanol–water partition coefficient (Wildman–Crippen LogP) is 3.18. The maximum atomic E-state index is 13.0. The van der Waals surface area contributed by atoms with Gasteiger partial charge in [-0.15, -0.1) is 0 Å². The van der Waals surface area contributed by atoms with E-state index < -0.39 is 5.97 Å². The van der Waals surface area contributed by atoms with Crippen molar-refractivity contribution in [2.45, 2.75) is 13.0 Å². The summed E-state index contributed by atoms with van der Waals surface area (Å²) < 4.78 is 14.3. The van der Waals surface area contributed by atoms with Crippen LogP contribution in [-0.4, -0.2) is 20.6 Å². The van der Waals surface area contributed by atoms with E-state index in [4.69, 9.17) is 5.11 Å². The van der Waals surface area contributed by atoms with Gasteiger partial charge < -0.3 is 5.11 Å². The average Bonchev–Trinajstić information content (AvgIpc) is 2.60. The van der Waals surface area contributed by atoms with Gasteiger partial charge in [0, 0.05) is 6.54 Å². The summed E-state index contributed by atoms with van der Waals surface area (Å²) in [5.74, 6) is -0.970. The highest BCUT2D eigenvalue weighted by Crippen LogP contribution is 2.12. The summed E-state index contributed by atoms with van der Waals surface area (Å²) in [5.41, 5.74) is 0.997. The molecule has 1 heterocycles. The van der Waals surface area contributed by atoms with Crippen LogP contribution >= 0.6 is 0 Å². The highest BCUT2D eigenvalue weighted by Gasteiger charge is 2.10. The Bertz CT molecular complexity index is 1010. The molecule has 1 aromatic heterocycles. The van der Waals surface area contributed by atoms with Gasteiger partial charge in [0.2, 0.25) is 0 Å². The van der Waals surface area contributed by atoms with Crippen LogP contribution in [-0.2, 0) is 11.3 Å². The molecule has 0 aliphatic carbocycles. The number of fused-ring (bicyclic) bond motifs is 1. The van der Waals surface area contributed by atoms with Crippen molar-refractivity contribution in [3.63, 3.8) is 0 Å². The van der Waals surface area contributed by atoms with Crippen molar-refractivity contribution >= 4 is 29.0 Å². The first kappa shape index (κ1) is 16.6. The van der Waals surface area contributed by atoms with Crippen LogP contribution in [0.25, 0.3) is 23.1 Å². The van der Waals surface area contributed by atoms with Crippen LogP contribution in [0.3, 0.4) is 0 Å². The van der Waals surface area contributed by atoms with Gasteiger partial charge in [-0.3, -0.25) is 14.2 Å². The normalized spacial score (nSPS) is 11.2. The number of para-hydroxylation sites is 1. The number of hydrogen-bond donors (Lipinski definition) is 1. The van der Waals surface area contributed by atoms with E-state index in [2.05, 4.69) is 4.98 Å². The molecule has 25 heavy (non-hydrogen) atoms. The number of aromatic nitrogens is 2. The second kappa shape index (κ2) is 7.09. The van der Waals surface area contributed by atoms with Gasteiger partial charge in [-0.1, -0.05) is 30.3 Å². The Morgan fingerprint density at radius 3 is 2.56 bits per heavy atom. The molecule has 0 spiro atoms. The van der Waals surface area contributed by atoms with Crippen LogP contribution in [0.2, 0.25) is 0 Å². The first-order chi connectivity index (χ1) is 12.0. The van der Waals surface area contributed by atoms with E-state index in [1.807, 2.05) is 0 Å². The minimum atomic E-state index is -0.992. The maximum absolute atomic E-state index is 13.0. The Balaban J connectivity index is 2.07. The molecule has 126 valence electrons. The number of halogens is 1. The van der Waals surface area contributed by atoms with Gasteiger partial charge >= 0.3 is 5.97 Å². The Morgan fingerprint density at radius 2 is 1.84 bits per heavy atom. The molecule has 0 aliphatic rings. The fourth-order valence-electron chi connectivity index (χ4n) is 2.48. The van der Waals surface area contributed by atoms with Gasteiger partial charge in [-0.05, 0) is 35.9 Å². The number of rotatable bonds is 5. The third-order valence-electron chi connectivity index (χ3n) is 3.74. The molecule has 0 aliphatic heterocycles. The number of carbonyl (C=O) groups is 1. The van der Waals surface area contributed by atoms with Crippen molar-refractivity contribution in [3.05, 3.63) is 76.1 Å². The molecular formula is C19H15FN2O3. The molecule has 0 atom stereocenters. The SMILES string of the molecule is O=C(O)CCn1c(/C=C/c2ccc(F)cc2)nc2ccccc2c1=O. The van der Waals surface area contributed by atoms with Crippen molar-refractivity contribution < 1.29 is 14.3 Å². The molecule has 0 unspecified atom stereocenters. The second-order valence-corrected chi connectivity index (χ2v) is 5.47. The van der Waals surface area contributed by atoms with Gasteiger partial charge in [0.1, 0.15) is 11.6 Å². The largest absolute Gasteiger partial charge is 0.481 e. The molecule has 0 amide bonds. The van der Waals surface area contributed by atoms with E-state index in [0.717, 1.165) is 5.56 Å². The van der Waals surface area contributed by atoms with Gasteiger partial charge in [-0.25, -0.2) is 9.37 Å². The number of hydrogen-bond acceptors (Lipinski definition) is 3. The molecule has 1 N–H and O–H groups in total. The zero-order valence-electron chi connectivity index (χ0n) is 13.2. The summed E-state index contributed by atoms with van der Waals surface area (Å²) in [4.78, 5) is 28.0. The van der Waals surface area contributed by atoms with E-state index >= 15 is 0 Å². The smallest absolute Gasteiger partial charge is 0.305 e. The van der Waals surface area contributed by atoms with Crippen LogP contribution < -0.4 is 5.56 Å². The van der Waals surface area contributed by atoms with E-state index in [9.17, 15) is 14.0 Å². The molecule has 5 nitrogen and oxygen atoms in total. The van der Waals surface area contributed by atoms with E-state index in [0.29, 0.717) is 16.7 Å². The Morgan fingerprint density at radius 1 is 1.12 bits per heavy atom. The first-order valence-electron chi connectivity index (χ1n) is 7.69. The summed E-state index contributed by atoms with van der Waals surface area (Å²) in [6, 6.07) is 12.8. The minimum absolute atomic E-state index is 0.0229. The minimum Gasteiger partial charge on any atom is -0.481 e. The zero-order chi connectivity index (χ0) is 17.8. The summed E-state index contributed by atoms with van der Waals surface area (Å²) in [7, 11) is 0. The molecule has 3 rings (SSSR count). The average molecular weight is 338 g/mol. The number of carboxylic acids is 1. The number of carboxylic acid groups (broad SMARTS) is 1.